The van der Waals surface area contributed by atoms with E-state index in [2.05, 4.69) is 68.8 Å². The normalized spacial score (nSPS) is 21.9. The zero-order valence-electron chi connectivity index (χ0n) is 17.5. The molecule has 3 aromatic rings. The molecule has 5 rings (SSSR count). The molecular weight excluding hydrogens is 378 g/mol. The average Bonchev–Trinajstić information content (AvgIpc) is 3.31. The number of aryl methyl sites for hydroxylation is 2. The Morgan fingerprint density at radius 1 is 1.07 bits per heavy atom. The summed E-state index contributed by atoms with van der Waals surface area (Å²) in [6, 6.07) is 9.48. The second-order valence-electron chi connectivity index (χ2n) is 8.54. The van der Waals surface area contributed by atoms with Crippen molar-refractivity contribution < 1.29 is 0 Å². The van der Waals surface area contributed by atoms with Gasteiger partial charge in [0.25, 0.3) is 0 Å². The zero-order chi connectivity index (χ0) is 19.8. The van der Waals surface area contributed by atoms with Crippen molar-refractivity contribution in [3.63, 3.8) is 0 Å². The number of thiazole rings is 1. The highest BCUT2D eigenvalue weighted by Gasteiger charge is 2.29. The van der Waals surface area contributed by atoms with Gasteiger partial charge in [-0.05, 0) is 44.9 Å². The van der Waals surface area contributed by atoms with Gasteiger partial charge in [-0.1, -0.05) is 18.2 Å². The van der Waals surface area contributed by atoms with Gasteiger partial charge in [0.1, 0.15) is 0 Å². The number of likely N-dealkylation sites (tertiary alicyclic amines) is 1. The number of benzene rings is 1. The highest BCUT2D eigenvalue weighted by atomic mass is 32.1. The first kappa shape index (κ1) is 19.1. The number of para-hydroxylation sites is 1. The number of hydrogen-bond donors (Lipinski definition) is 0. The van der Waals surface area contributed by atoms with Gasteiger partial charge in [0.05, 0.1) is 11.4 Å². The summed E-state index contributed by atoms with van der Waals surface area (Å²) in [5.41, 5.74) is 5.35. The van der Waals surface area contributed by atoms with E-state index in [9.17, 15) is 0 Å². The van der Waals surface area contributed by atoms with E-state index in [0.717, 1.165) is 24.6 Å². The Hall–Kier alpha value is -1.89. The maximum atomic E-state index is 4.73. The van der Waals surface area contributed by atoms with Gasteiger partial charge in [0.15, 0.2) is 4.96 Å². The number of piperazine rings is 1. The van der Waals surface area contributed by atoms with Crippen LogP contribution < -0.4 is 4.90 Å². The minimum Gasteiger partial charge on any atom is -0.369 e. The summed E-state index contributed by atoms with van der Waals surface area (Å²) in [5, 5.41) is 2.14. The van der Waals surface area contributed by atoms with Gasteiger partial charge in [0, 0.05) is 62.6 Å². The molecule has 1 atom stereocenters. The summed E-state index contributed by atoms with van der Waals surface area (Å²) in [6.07, 6.45) is 4.80. The van der Waals surface area contributed by atoms with Gasteiger partial charge in [-0.25, -0.2) is 4.98 Å². The molecule has 0 bridgehead atoms. The van der Waals surface area contributed by atoms with E-state index >= 15 is 0 Å². The third kappa shape index (κ3) is 3.81. The Kier molecular flexibility index (Phi) is 5.33. The molecule has 2 aliphatic heterocycles. The van der Waals surface area contributed by atoms with Crippen LogP contribution in [0.2, 0.25) is 0 Å². The number of imidazole rings is 1. The summed E-state index contributed by atoms with van der Waals surface area (Å²) < 4.78 is 2.28. The first-order valence-corrected chi connectivity index (χ1v) is 11.7. The highest BCUT2D eigenvalue weighted by molar-refractivity contribution is 7.15. The van der Waals surface area contributed by atoms with Crippen LogP contribution in [-0.4, -0.2) is 64.5 Å². The first-order valence-electron chi connectivity index (χ1n) is 10.9. The van der Waals surface area contributed by atoms with E-state index in [0.29, 0.717) is 6.04 Å². The summed E-state index contributed by atoms with van der Waals surface area (Å²) in [5.74, 6) is 0. The lowest BCUT2D eigenvalue weighted by Gasteiger charge is -2.44. The van der Waals surface area contributed by atoms with E-state index in [1.54, 1.807) is 11.3 Å². The van der Waals surface area contributed by atoms with E-state index in [-0.39, 0.29) is 0 Å². The summed E-state index contributed by atoms with van der Waals surface area (Å²) in [6.45, 7) is 12.4. The summed E-state index contributed by atoms with van der Waals surface area (Å²) in [7, 11) is 0. The van der Waals surface area contributed by atoms with Crippen molar-refractivity contribution in [2.24, 2.45) is 0 Å². The van der Waals surface area contributed by atoms with E-state index < -0.39 is 0 Å². The molecule has 0 aliphatic carbocycles. The van der Waals surface area contributed by atoms with E-state index in [1.165, 1.54) is 61.7 Å². The van der Waals surface area contributed by atoms with Gasteiger partial charge in [-0.3, -0.25) is 14.2 Å². The molecule has 4 heterocycles. The Bertz CT molecular complexity index is 969. The molecule has 154 valence electrons. The van der Waals surface area contributed by atoms with E-state index in [4.69, 9.17) is 4.98 Å². The van der Waals surface area contributed by atoms with Crippen molar-refractivity contribution in [2.45, 2.75) is 39.3 Å². The molecule has 5 nitrogen and oxygen atoms in total. The Morgan fingerprint density at radius 3 is 2.72 bits per heavy atom. The Balaban J connectivity index is 1.21. The fraction of sp³-hybridized carbons (Fsp3) is 0.522. The Labute approximate surface area is 177 Å². The maximum Gasteiger partial charge on any atom is 0.194 e. The molecule has 2 aliphatic rings. The van der Waals surface area contributed by atoms with Crippen molar-refractivity contribution in [3.05, 3.63) is 52.8 Å². The first-order chi connectivity index (χ1) is 14.2. The second kappa shape index (κ2) is 8.09. The van der Waals surface area contributed by atoms with Crippen molar-refractivity contribution in [2.75, 3.05) is 44.2 Å². The summed E-state index contributed by atoms with van der Waals surface area (Å²) in [4.78, 5) is 13.8. The molecule has 2 fully saturated rings. The third-order valence-electron chi connectivity index (χ3n) is 6.70. The van der Waals surface area contributed by atoms with Crippen molar-refractivity contribution in [1.29, 1.82) is 0 Å². The molecular formula is C23H31N5S. The van der Waals surface area contributed by atoms with Gasteiger partial charge in [-0.2, -0.15) is 0 Å². The van der Waals surface area contributed by atoms with Crippen molar-refractivity contribution in [1.82, 2.24) is 19.2 Å². The molecule has 2 saturated heterocycles. The lowest BCUT2D eigenvalue weighted by Crippen LogP contribution is -2.55. The average molecular weight is 410 g/mol. The number of fused-ring (bicyclic) bond motifs is 1. The number of rotatable bonds is 4. The number of anilines is 1. The molecule has 0 radical (unpaired) electrons. The van der Waals surface area contributed by atoms with Crippen molar-refractivity contribution in [3.8, 4) is 0 Å². The lowest BCUT2D eigenvalue weighted by atomic mass is 10.0. The molecule has 29 heavy (non-hydrogen) atoms. The van der Waals surface area contributed by atoms with Gasteiger partial charge >= 0.3 is 0 Å². The molecule has 0 amide bonds. The van der Waals surface area contributed by atoms with Crippen LogP contribution >= 0.6 is 11.3 Å². The Morgan fingerprint density at radius 2 is 1.90 bits per heavy atom. The molecule has 1 unspecified atom stereocenters. The zero-order valence-corrected chi connectivity index (χ0v) is 18.4. The lowest BCUT2D eigenvalue weighted by molar-refractivity contribution is 0.0878. The quantitative estimate of drug-likeness (QED) is 0.655. The SMILES string of the molecule is Cc1ccccc1N1CCN(C2CCCN(Cc3c(C)nc4sccn34)C2)CC1. The van der Waals surface area contributed by atoms with Crippen LogP contribution in [0, 0.1) is 13.8 Å². The highest BCUT2D eigenvalue weighted by Crippen LogP contribution is 2.25. The van der Waals surface area contributed by atoms with Crippen LogP contribution in [0.1, 0.15) is 29.8 Å². The third-order valence-corrected chi connectivity index (χ3v) is 7.46. The van der Waals surface area contributed by atoms with Crippen LogP contribution in [0.4, 0.5) is 5.69 Å². The minimum atomic E-state index is 0.689. The fourth-order valence-corrected chi connectivity index (χ4v) is 5.84. The van der Waals surface area contributed by atoms with E-state index in [1.807, 2.05) is 0 Å². The van der Waals surface area contributed by atoms with Crippen molar-refractivity contribution >= 4 is 22.0 Å². The maximum absolute atomic E-state index is 4.73. The predicted molar refractivity (Wildman–Crippen MR) is 121 cm³/mol. The standard InChI is InChI=1S/C23H31N5S/c1-18-6-3-4-8-21(18)27-12-10-26(11-13-27)20-7-5-9-25(16-20)17-22-19(2)24-23-28(22)14-15-29-23/h3-4,6,8,14-15,20H,5,7,9-13,16-17H2,1-2H3. The second-order valence-corrected chi connectivity index (χ2v) is 9.41. The molecule has 1 aromatic carbocycles. The molecule has 2 aromatic heterocycles. The van der Waals surface area contributed by atoms with Gasteiger partial charge in [0.2, 0.25) is 0 Å². The van der Waals surface area contributed by atoms with Crippen LogP contribution in [-0.2, 0) is 6.54 Å². The fourth-order valence-electron chi connectivity index (χ4n) is 5.06. The smallest absolute Gasteiger partial charge is 0.194 e. The van der Waals surface area contributed by atoms with Crippen LogP contribution in [0.5, 0.6) is 0 Å². The van der Waals surface area contributed by atoms with Crippen LogP contribution in [0.25, 0.3) is 4.96 Å². The number of hydrogen-bond acceptors (Lipinski definition) is 5. The van der Waals surface area contributed by atoms with Gasteiger partial charge in [-0.15, -0.1) is 11.3 Å². The largest absolute Gasteiger partial charge is 0.369 e. The van der Waals surface area contributed by atoms with Crippen LogP contribution in [0.3, 0.4) is 0 Å². The molecule has 0 saturated carbocycles. The monoisotopic (exact) mass is 409 g/mol. The van der Waals surface area contributed by atoms with Gasteiger partial charge < -0.3 is 4.90 Å². The minimum absolute atomic E-state index is 0.689. The topological polar surface area (TPSA) is 27.0 Å². The number of aromatic nitrogens is 2. The number of nitrogens with zero attached hydrogens (tertiary/aromatic N) is 5. The number of piperidine rings is 1. The molecule has 6 heteroatoms. The molecule has 0 N–H and O–H groups in total. The van der Waals surface area contributed by atoms with Crippen LogP contribution in [0.15, 0.2) is 35.8 Å². The molecule has 0 spiro atoms. The predicted octanol–water partition coefficient (Wildman–Crippen LogP) is 3.80. The summed E-state index contributed by atoms with van der Waals surface area (Å²) >= 11 is 1.73.